The molecule has 7 heteroatoms. The second kappa shape index (κ2) is 9.76. The van der Waals surface area contributed by atoms with Gasteiger partial charge in [-0.2, -0.15) is 0 Å². The van der Waals surface area contributed by atoms with E-state index in [1.807, 2.05) is 37.2 Å². The summed E-state index contributed by atoms with van der Waals surface area (Å²) in [5.41, 5.74) is 4.75. The molecule has 2 N–H and O–H groups in total. The Labute approximate surface area is 202 Å². The lowest BCUT2D eigenvalue weighted by Crippen LogP contribution is -2.58. The number of carbonyl (C=O) groups excluding carboxylic acids is 2. The van der Waals surface area contributed by atoms with Crippen LogP contribution in [0.15, 0.2) is 48.5 Å². The highest BCUT2D eigenvalue weighted by Gasteiger charge is 2.43. The summed E-state index contributed by atoms with van der Waals surface area (Å²) in [4.78, 5) is 31.9. The van der Waals surface area contributed by atoms with Gasteiger partial charge in [0.1, 0.15) is 0 Å². The van der Waals surface area contributed by atoms with Crippen molar-refractivity contribution in [1.82, 2.24) is 15.5 Å². The number of hydrogen-bond acceptors (Lipinski definition) is 5. The van der Waals surface area contributed by atoms with Gasteiger partial charge < -0.3 is 20.4 Å². The monoisotopic (exact) mass is 461 g/mol. The van der Waals surface area contributed by atoms with Crippen LogP contribution in [-0.2, 0) is 22.6 Å². The van der Waals surface area contributed by atoms with Gasteiger partial charge in [0, 0.05) is 70.2 Å². The summed E-state index contributed by atoms with van der Waals surface area (Å²) in [6.45, 7) is 3.03. The van der Waals surface area contributed by atoms with Crippen LogP contribution in [0.1, 0.15) is 30.4 Å². The largest absolute Gasteiger partial charge is 0.378 e. The second-order valence-electron chi connectivity index (χ2n) is 9.95. The highest BCUT2D eigenvalue weighted by atomic mass is 16.2. The molecule has 180 valence electrons. The molecule has 3 aliphatic rings. The lowest BCUT2D eigenvalue weighted by Gasteiger charge is -2.37. The average Bonchev–Trinajstić information content (AvgIpc) is 3.48. The minimum absolute atomic E-state index is 0.102. The van der Waals surface area contributed by atoms with E-state index < -0.39 is 0 Å². The molecule has 3 aliphatic heterocycles. The van der Waals surface area contributed by atoms with E-state index >= 15 is 0 Å². The number of anilines is 2. The number of nitrogens with zero attached hydrogens (tertiary/aromatic N) is 3. The minimum Gasteiger partial charge on any atom is -0.378 e. The summed E-state index contributed by atoms with van der Waals surface area (Å²) in [5, 5.41) is 6.74. The van der Waals surface area contributed by atoms with Gasteiger partial charge in [0.05, 0.1) is 6.04 Å². The molecule has 2 aromatic carbocycles. The molecule has 0 aliphatic carbocycles. The fraction of sp³-hybridized carbons (Fsp3) is 0.481. The third-order valence-electron chi connectivity index (χ3n) is 7.55. The molecule has 0 bridgehead atoms. The number of fused-ring (bicyclic) bond motifs is 2. The second-order valence-corrected chi connectivity index (χ2v) is 9.95. The summed E-state index contributed by atoms with van der Waals surface area (Å²) in [7, 11) is 4.09. The van der Waals surface area contributed by atoms with Crippen molar-refractivity contribution in [2.75, 3.05) is 43.5 Å². The van der Waals surface area contributed by atoms with Crippen molar-refractivity contribution < 1.29 is 9.59 Å². The number of rotatable bonds is 7. The summed E-state index contributed by atoms with van der Waals surface area (Å²) < 4.78 is 0. The van der Waals surface area contributed by atoms with Gasteiger partial charge in [0.25, 0.3) is 0 Å². The van der Waals surface area contributed by atoms with E-state index in [-0.39, 0.29) is 29.9 Å². The Morgan fingerprint density at radius 2 is 1.94 bits per heavy atom. The Kier molecular flexibility index (Phi) is 6.57. The van der Waals surface area contributed by atoms with Crippen LogP contribution in [0, 0.1) is 0 Å². The molecular weight excluding hydrogens is 426 g/mol. The van der Waals surface area contributed by atoms with Crippen LogP contribution in [0.25, 0.3) is 0 Å². The molecule has 5 rings (SSSR count). The van der Waals surface area contributed by atoms with E-state index in [9.17, 15) is 9.59 Å². The molecule has 0 aromatic heterocycles. The molecular formula is C27H35N5O2. The maximum absolute atomic E-state index is 13.0. The lowest BCUT2D eigenvalue weighted by atomic mass is 10.0. The van der Waals surface area contributed by atoms with Gasteiger partial charge in [-0.25, -0.2) is 0 Å². The smallest absolute Gasteiger partial charge is 0.237 e. The molecule has 2 fully saturated rings. The maximum Gasteiger partial charge on any atom is 0.237 e. The zero-order valence-electron chi connectivity index (χ0n) is 20.2. The van der Waals surface area contributed by atoms with Crippen molar-refractivity contribution in [2.24, 2.45) is 0 Å². The summed E-state index contributed by atoms with van der Waals surface area (Å²) in [6.07, 6.45) is 3.02. The van der Waals surface area contributed by atoms with Crippen molar-refractivity contribution in [3.63, 3.8) is 0 Å². The first-order chi connectivity index (χ1) is 16.5. The number of nitrogens with one attached hydrogen (secondary N) is 2. The Hall–Kier alpha value is -2.90. The SMILES string of the molecule is CN(C)c1ccc(CN[C@H]2C[C@H]3C(=O)NC[C@@H](CCC(=O)N4CCc5ccccc54)N3C2)cc1. The molecule has 0 saturated carbocycles. The topological polar surface area (TPSA) is 67.9 Å². The number of carbonyl (C=O) groups is 2. The summed E-state index contributed by atoms with van der Waals surface area (Å²) >= 11 is 0. The van der Waals surface area contributed by atoms with Crippen LogP contribution in [0.5, 0.6) is 0 Å². The van der Waals surface area contributed by atoms with Crippen LogP contribution in [-0.4, -0.2) is 68.6 Å². The molecule has 7 nitrogen and oxygen atoms in total. The molecule has 3 atom stereocenters. The summed E-state index contributed by atoms with van der Waals surface area (Å²) in [6, 6.07) is 17.1. The van der Waals surface area contributed by atoms with Crippen molar-refractivity contribution in [1.29, 1.82) is 0 Å². The van der Waals surface area contributed by atoms with Gasteiger partial charge in [-0.3, -0.25) is 14.5 Å². The fourth-order valence-electron chi connectivity index (χ4n) is 5.59. The first kappa shape index (κ1) is 22.9. The van der Waals surface area contributed by atoms with Crippen LogP contribution >= 0.6 is 0 Å². The minimum atomic E-state index is -0.102. The zero-order chi connectivity index (χ0) is 23.7. The number of hydrogen-bond donors (Lipinski definition) is 2. The molecule has 0 radical (unpaired) electrons. The predicted octanol–water partition coefficient (Wildman–Crippen LogP) is 2.15. The van der Waals surface area contributed by atoms with Crippen molar-refractivity contribution in [2.45, 2.75) is 50.4 Å². The van der Waals surface area contributed by atoms with Crippen molar-refractivity contribution >= 4 is 23.2 Å². The van der Waals surface area contributed by atoms with Gasteiger partial charge in [-0.05, 0) is 48.6 Å². The van der Waals surface area contributed by atoms with Crippen LogP contribution in [0.4, 0.5) is 11.4 Å². The fourth-order valence-corrected chi connectivity index (χ4v) is 5.59. The summed E-state index contributed by atoms with van der Waals surface area (Å²) in [5.74, 6) is 0.309. The first-order valence-corrected chi connectivity index (χ1v) is 12.4. The van der Waals surface area contributed by atoms with Crippen molar-refractivity contribution in [3.8, 4) is 0 Å². The predicted molar refractivity (Wildman–Crippen MR) is 135 cm³/mol. The molecule has 0 unspecified atom stereocenters. The quantitative estimate of drug-likeness (QED) is 0.662. The van der Waals surface area contributed by atoms with E-state index in [1.54, 1.807) is 0 Å². The highest BCUT2D eigenvalue weighted by molar-refractivity contribution is 5.95. The highest BCUT2D eigenvalue weighted by Crippen LogP contribution is 2.30. The zero-order valence-corrected chi connectivity index (χ0v) is 20.2. The van der Waals surface area contributed by atoms with Crippen LogP contribution in [0.3, 0.4) is 0 Å². The molecule has 2 amide bonds. The molecule has 34 heavy (non-hydrogen) atoms. The van der Waals surface area contributed by atoms with E-state index in [1.165, 1.54) is 16.8 Å². The molecule has 2 saturated heterocycles. The number of piperazine rings is 1. The van der Waals surface area contributed by atoms with Gasteiger partial charge in [-0.1, -0.05) is 30.3 Å². The van der Waals surface area contributed by atoms with Crippen LogP contribution < -0.4 is 20.4 Å². The van der Waals surface area contributed by atoms with Gasteiger partial charge in [0.2, 0.25) is 11.8 Å². The van der Waals surface area contributed by atoms with Crippen molar-refractivity contribution in [3.05, 3.63) is 59.7 Å². The van der Waals surface area contributed by atoms with Gasteiger partial charge in [0.15, 0.2) is 0 Å². The molecule has 3 heterocycles. The Bertz CT molecular complexity index is 1040. The molecule has 0 spiro atoms. The maximum atomic E-state index is 13.0. The lowest BCUT2D eigenvalue weighted by molar-refractivity contribution is -0.129. The molecule has 2 aromatic rings. The Morgan fingerprint density at radius 1 is 1.15 bits per heavy atom. The first-order valence-electron chi connectivity index (χ1n) is 12.4. The third kappa shape index (κ3) is 4.68. The van der Waals surface area contributed by atoms with E-state index in [0.29, 0.717) is 13.0 Å². The number of benzene rings is 2. The average molecular weight is 462 g/mol. The third-order valence-corrected chi connectivity index (χ3v) is 7.55. The Morgan fingerprint density at radius 3 is 2.74 bits per heavy atom. The normalized spacial score (nSPS) is 24.0. The number of amides is 2. The van der Waals surface area contributed by atoms with E-state index in [0.717, 1.165) is 44.6 Å². The van der Waals surface area contributed by atoms with Gasteiger partial charge in [-0.15, -0.1) is 0 Å². The van der Waals surface area contributed by atoms with E-state index in [4.69, 9.17) is 0 Å². The van der Waals surface area contributed by atoms with Crippen LogP contribution in [0.2, 0.25) is 0 Å². The standard InChI is InChI=1S/C27H35N5O2/c1-30(2)22-9-7-19(8-10-22)16-28-21-15-25-27(34)29-17-23(32(25)18-21)11-12-26(33)31-14-13-20-5-3-4-6-24(20)31/h3-10,21,23,25,28H,11-18H2,1-2H3,(H,29,34)/t21-,23+,25-/m0/s1. The van der Waals surface area contributed by atoms with E-state index in [2.05, 4.69) is 50.8 Å². The van der Waals surface area contributed by atoms with Gasteiger partial charge >= 0.3 is 0 Å². The number of para-hydroxylation sites is 1. The Balaban J connectivity index is 1.15.